The summed E-state index contributed by atoms with van der Waals surface area (Å²) in [6, 6.07) is 13.5. The minimum absolute atomic E-state index is 0.0609. The van der Waals surface area contributed by atoms with Gasteiger partial charge in [-0.05, 0) is 43.3 Å². The molecule has 9 heteroatoms. The number of rotatable bonds is 6. The molecular weight excluding hydrogens is 380 g/mol. The van der Waals surface area contributed by atoms with Crippen molar-refractivity contribution >= 4 is 21.6 Å². The Kier molecular flexibility index (Phi) is 5.57. The molecule has 3 rings (SSSR count). The predicted molar refractivity (Wildman–Crippen MR) is 104 cm³/mol. The first-order chi connectivity index (χ1) is 13.3. The molecule has 0 aliphatic carbocycles. The van der Waals surface area contributed by atoms with Gasteiger partial charge in [-0.15, -0.1) is 10.2 Å². The van der Waals surface area contributed by atoms with E-state index < -0.39 is 10.0 Å². The molecule has 2 aromatic carbocycles. The van der Waals surface area contributed by atoms with E-state index in [1.807, 2.05) is 31.2 Å². The minimum Gasteiger partial charge on any atom is -0.419 e. The van der Waals surface area contributed by atoms with Crippen LogP contribution in [0, 0.1) is 6.92 Å². The zero-order valence-electron chi connectivity index (χ0n) is 15.7. The van der Waals surface area contributed by atoms with E-state index in [0.717, 1.165) is 15.4 Å². The Morgan fingerprint density at radius 3 is 2.32 bits per heavy atom. The van der Waals surface area contributed by atoms with Gasteiger partial charge in [0.15, 0.2) is 0 Å². The van der Waals surface area contributed by atoms with E-state index in [2.05, 4.69) is 15.5 Å². The quantitative estimate of drug-likeness (QED) is 0.682. The van der Waals surface area contributed by atoms with Gasteiger partial charge in [0.2, 0.25) is 27.7 Å². The average molecular weight is 400 g/mol. The standard InChI is InChI=1S/C19H20N4O4S/c1-13-4-6-15(7-5-13)19-22-21-18(27-19)12-23(3)28(25,26)17-10-8-16(9-11-17)20-14(2)24/h4-11H,12H2,1-3H3,(H,20,24). The lowest BCUT2D eigenvalue weighted by Gasteiger charge is -2.15. The molecule has 1 aromatic heterocycles. The first kappa shape index (κ1) is 19.7. The summed E-state index contributed by atoms with van der Waals surface area (Å²) < 4.78 is 32.2. The van der Waals surface area contributed by atoms with Gasteiger partial charge in [-0.25, -0.2) is 8.42 Å². The van der Waals surface area contributed by atoms with Crippen LogP contribution in [0.4, 0.5) is 5.69 Å². The van der Waals surface area contributed by atoms with Crippen LogP contribution < -0.4 is 5.32 Å². The summed E-state index contributed by atoms with van der Waals surface area (Å²) >= 11 is 0. The molecule has 0 spiro atoms. The summed E-state index contributed by atoms with van der Waals surface area (Å²) in [5.41, 5.74) is 2.40. The number of nitrogens with one attached hydrogen (secondary N) is 1. The van der Waals surface area contributed by atoms with Crippen molar-refractivity contribution in [3.05, 3.63) is 60.0 Å². The van der Waals surface area contributed by atoms with Crippen LogP contribution in [0.5, 0.6) is 0 Å². The van der Waals surface area contributed by atoms with Crippen LogP contribution in [0.25, 0.3) is 11.5 Å². The summed E-state index contributed by atoms with van der Waals surface area (Å²) in [5.74, 6) is 0.297. The molecule has 0 saturated heterocycles. The van der Waals surface area contributed by atoms with Gasteiger partial charge < -0.3 is 9.73 Å². The molecule has 1 amide bonds. The fourth-order valence-corrected chi connectivity index (χ4v) is 3.62. The number of nitrogens with zero attached hydrogens (tertiary/aromatic N) is 3. The van der Waals surface area contributed by atoms with Gasteiger partial charge in [0.1, 0.15) is 0 Å². The maximum absolute atomic E-state index is 12.7. The minimum atomic E-state index is -3.75. The number of aromatic nitrogens is 2. The number of aryl methyl sites for hydroxylation is 1. The smallest absolute Gasteiger partial charge is 0.247 e. The van der Waals surface area contributed by atoms with Crippen molar-refractivity contribution in [2.75, 3.05) is 12.4 Å². The highest BCUT2D eigenvalue weighted by Gasteiger charge is 2.23. The van der Waals surface area contributed by atoms with Crippen molar-refractivity contribution in [2.24, 2.45) is 0 Å². The van der Waals surface area contributed by atoms with Crippen molar-refractivity contribution in [1.82, 2.24) is 14.5 Å². The fraction of sp³-hybridized carbons (Fsp3) is 0.211. The van der Waals surface area contributed by atoms with E-state index in [4.69, 9.17) is 4.42 Å². The maximum Gasteiger partial charge on any atom is 0.247 e. The van der Waals surface area contributed by atoms with Gasteiger partial charge in [0.05, 0.1) is 11.4 Å². The molecular formula is C19H20N4O4S. The van der Waals surface area contributed by atoms with Crippen molar-refractivity contribution < 1.29 is 17.6 Å². The van der Waals surface area contributed by atoms with Gasteiger partial charge in [-0.3, -0.25) is 4.79 Å². The highest BCUT2D eigenvalue weighted by atomic mass is 32.2. The van der Waals surface area contributed by atoms with Gasteiger partial charge in [-0.2, -0.15) is 4.31 Å². The van der Waals surface area contributed by atoms with Crippen LogP contribution in [0.3, 0.4) is 0 Å². The highest BCUT2D eigenvalue weighted by molar-refractivity contribution is 7.89. The lowest BCUT2D eigenvalue weighted by molar-refractivity contribution is -0.114. The molecule has 8 nitrogen and oxygen atoms in total. The number of benzene rings is 2. The Bertz CT molecular complexity index is 1070. The number of hydrogen-bond acceptors (Lipinski definition) is 6. The third kappa shape index (κ3) is 4.44. The number of amides is 1. The fourth-order valence-electron chi connectivity index (χ4n) is 2.50. The van der Waals surface area contributed by atoms with E-state index in [1.54, 1.807) is 0 Å². The molecule has 0 bridgehead atoms. The summed E-state index contributed by atoms with van der Waals surface area (Å²) in [7, 11) is -2.31. The number of hydrogen-bond donors (Lipinski definition) is 1. The summed E-state index contributed by atoms with van der Waals surface area (Å²) in [6.45, 7) is 3.30. The molecule has 0 aliphatic heterocycles. The molecule has 0 saturated carbocycles. The molecule has 1 N–H and O–H groups in total. The average Bonchev–Trinajstić information content (AvgIpc) is 3.10. The molecule has 0 radical (unpaired) electrons. The molecule has 0 aliphatic rings. The largest absolute Gasteiger partial charge is 0.419 e. The third-order valence-electron chi connectivity index (χ3n) is 4.01. The molecule has 0 fully saturated rings. The lowest BCUT2D eigenvalue weighted by Crippen LogP contribution is -2.26. The number of anilines is 1. The Labute approximate surface area is 163 Å². The van der Waals surface area contributed by atoms with Crippen molar-refractivity contribution in [3.8, 4) is 11.5 Å². The summed E-state index contributed by atoms with van der Waals surface area (Å²) in [4.78, 5) is 11.2. The molecule has 0 unspecified atom stereocenters. The van der Waals surface area contributed by atoms with E-state index in [0.29, 0.717) is 11.6 Å². The van der Waals surface area contributed by atoms with E-state index in [1.165, 1.54) is 38.2 Å². The van der Waals surface area contributed by atoms with Gasteiger partial charge in [0.25, 0.3) is 0 Å². The SMILES string of the molecule is CC(=O)Nc1ccc(S(=O)(=O)N(C)Cc2nnc(-c3ccc(C)cc3)o2)cc1. The first-order valence-corrected chi connectivity index (χ1v) is 9.93. The van der Waals surface area contributed by atoms with Gasteiger partial charge >= 0.3 is 0 Å². The Morgan fingerprint density at radius 2 is 1.71 bits per heavy atom. The maximum atomic E-state index is 12.7. The summed E-state index contributed by atoms with van der Waals surface area (Å²) in [5, 5.41) is 10.5. The van der Waals surface area contributed by atoms with Crippen LogP contribution in [0.2, 0.25) is 0 Å². The van der Waals surface area contributed by atoms with Crippen molar-refractivity contribution in [1.29, 1.82) is 0 Å². The van der Waals surface area contributed by atoms with E-state index >= 15 is 0 Å². The van der Waals surface area contributed by atoms with Crippen LogP contribution in [-0.2, 0) is 21.4 Å². The second-order valence-electron chi connectivity index (χ2n) is 6.33. The Morgan fingerprint density at radius 1 is 1.07 bits per heavy atom. The second kappa shape index (κ2) is 7.91. The molecule has 3 aromatic rings. The normalized spacial score (nSPS) is 11.6. The van der Waals surface area contributed by atoms with Crippen LogP contribution >= 0.6 is 0 Å². The van der Waals surface area contributed by atoms with Crippen LogP contribution in [0.1, 0.15) is 18.4 Å². The van der Waals surface area contributed by atoms with Crippen molar-refractivity contribution in [2.45, 2.75) is 25.3 Å². The Hall–Kier alpha value is -3.04. The predicted octanol–water partition coefficient (Wildman–Crippen LogP) is 2.82. The monoisotopic (exact) mass is 400 g/mol. The second-order valence-corrected chi connectivity index (χ2v) is 8.38. The van der Waals surface area contributed by atoms with E-state index in [-0.39, 0.29) is 23.2 Å². The molecule has 0 atom stereocenters. The number of sulfonamides is 1. The number of carbonyl (C=O) groups excluding carboxylic acids is 1. The highest BCUT2D eigenvalue weighted by Crippen LogP contribution is 2.21. The third-order valence-corrected chi connectivity index (χ3v) is 5.82. The van der Waals surface area contributed by atoms with Crippen LogP contribution in [-0.4, -0.2) is 35.9 Å². The lowest BCUT2D eigenvalue weighted by atomic mass is 10.1. The first-order valence-electron chi connectivity index (χ1n) is 8.49. The molecule has 146 valence electrons. The topological polar surface area (TPSA) is 105 Å². The van der Waals surface area contributed by atoms with Crippen molar-refractivity contribution in [3.63, 3.8) is 0 Å². The van der Waals surface area contributed by atoms with Crippen LogP contribution in [0.15, 0.2) is 57.8 Å². The Balaban J connectivity index is 1.74. The number of carbonyl (C=O) groups is 1. The summed E-state index contributed by atoms with van der Waals surface area (Å²) in [6.07, 6.45) is 0. The molecule has 28 heavy (non-hydrogen) atoms. The van der Waals surface area contributed by atoms with E-state index in [9.17, 15) is 13.2 Å². The zero-order chi connectivity index (χ0) is 20.3. The van der Waals surface area contributed by atoms with Gasteiger partial charge in [-0.1, -0.05) is 17.7 Å². The molecule has 1 heterocycles. The zero-order valence-corrected chi connectivity index (χ0v) is 16.5. The van der Waals surface area contributed by atoms with Gasteiger partial charge in [0, 0.05) is 25.2 Å².